The van der Waals surface area contributed by atoms with Crippen LogP contribution in [0, 0.1) is 5.82 Å². The Hall–Kier alpha value is -0.000000000000000111. The Morgan fingerprint density at radius 3 is 2.82 bits per heavy atom. The average Bonchev–Trinajstić information content (AvgIpc) is 2.32. The van der Waals surface area contributed by atoms with Crippen molar-refractivity contribution in [2.75, 3.05) is 11.5 Å². The summed E-state index contributed by atoms with van der Waals surface area (Å²) < 4.78 is 14.4. The van der Waals surface area contributed by atoms with Gasteiger partial charge < -0.3 is 0 Å². The van der Waals surface area contributed by atoms with Gasteiger partial charge in [-0.25, -0.2) is 4.39 Å². The number of ketones is 1. The van der Waals surface area contributed by atoms with Crippen LogP contribution in [0.2, 0.25) is 0 Å². The zero-order valence-electron chi connectivity index (χ0n) is 9.28. The van der Waals surface area contributed by atoms with Crippen LogP contribution in [-0.2, 0) is 0 Å². The maximum atomic E-state index is 13.6. The molecule has 2 rings (SSSR count). The van der Waals surface area contributed by atoms with Crippen molar-refractivity contribution in [3.8, 4) is 0 Å². The molecule has 17 heavy (non-hydrogen) atoms. The Morgan fingerprint density at radius 1 is 1.41 bits per heavy atom. The molecule has 1 aromatic rings. The molecule has 1 nitrogen and oxygen atoms in total. The molecule has 1 aromatic carbocycles. The van der Waals surface area contributed by atoms with Crippen LogP contribution >= 0.6 is 39.5 Å². The van der Waals surface area contributed by atoms with Crippen LogP contribution < -0.4 is 0 Å². The molecular formula is C12H12BrFOS2. The average molecular weight is 335 g/mol. The van der Waals surface area contributed by atoms with E-state index in [0.29, 0.717) is 0 Å². The number of thioether (sulfide) groups is 2. The van der Waals surface area contributed by atoms with Crippen molar-refractivity contribution >= 4 is 45.2 Å². The van der Waals surface area contributed by atoms with E-state index in [4.69, 9.17) is 0 Å². The zero-order valence-corrected chi connectivity index (χ0v) is 12.5. The van der Waals surface area contributed by atoms with E-state index in [1.165, 1.54) is 6.07 Å². The molecular weight excluding hydrogens is 323 g/mol. The molecule has 0 aliphatic carbocycles. The summed E-state index contributed by atoms with van der Waals surface area (Å²) in [5.74, 6) is 1.51. The van der Waals surface area contributed by atoms with Gasteiger partial charge in [-0.2, -0.15) is 11.8 Å². The molecule has 0 aromatic heterocycles. The number of rotatable bonds is 2. The third-order valence-corrected chi connectivity index (χ3v) is 6.22. The lowest BCUT2D eigenvalue weighted by molar-refractivity contribution is 0.0985. The van der Waals surface area contributed by atoms with Crippen LogP contribution in [0.5, 0.6) is 0 Å². The standard InChI is InChI=1S/C12H12BrFOS2/c1-7-12(17-5-4-16-7)11(15)9-6-8(13)2-3-10(9)14/h2-3,6-7,12H,4-5H2,1H3. The van der Waals surface area contributed by atoms with E-state index < -0.39 is 5.82 Å². The largest absolute Gasteiger partial charge is 0.293 e. The highest BCUT2D eigenvalue weighted by atomic mass is 79.9. The summed E-state index contributed by atoms with van der Waals surface area (Å²) >= 11 is 6.69. The van der Waals surface area contributed by atoms with Crippen LogP contribution in [0.15, 0.2) is 22.7 Å². The van der Waals surface area contributed by atoms with Gasteiger partial charge >= 0.3 is 0 Å². The minimum absolute atomic E-state index is 0.0894. The Balaban J connectivity index is 2.26. The first kappa shape index (κ1) is 13.4. The molecule has 1 aliphatic heterocycles. The van der Waals surface area contributed by atoms with Gasteiger partial charge in [0.05, 0.1) is 10.8 Å². The van der Waals surface area contributed by atoms with Gasteiger partial charge in [0.1, 0.15) is 5.82 Å². The smallest absolute Gasteiger partial charge is 0.179 e. The first-order chi connectivity index (χ1) is 8.09. The van der Waals surface area contributed by atoms with E-state index in [0.717, 1.165) is 16.0 Å². The number of hydrogen-bond donors (Lipinski definition) is 0. The zero-order chi connectivity index (χ0) is 12.4. The van der Waals surface area contributed by atoms with Crippen molar-refractivity contribution in [2.45, 2.75) is 17.4 Å². The second kappa shape index (κ2) is 5.76. The van der Waals surface area contributed by atoms with E-state index in [1.807, 2.05) is 6.92 Å². The number of Topliss-reactive ketones (excluding diaryl/α,β-unsaturated/α-hetero) is 1. The number of carbonyl (C=O) groups excluding carboxylic acids is 1. The molecule has 1 saturated heterocycles. The highest BCUT2D eigenvalue weighted by Crippen LogP contribution is 2.33. The van der Waals surface area contributed by atoms with Crippen molar-refractivity contribution in [1.29, 1.82) is 0 Å². The molecule has 0 spiro atoms. The number of benzene rings is 1. The van der Waals surface area contributed by atoms with Crippen LogP contribution in [0.1, 0.15) is 17.3 Å². The van der Waals surface area contributed by atoms with E-state index in [1.54, 1.807) is 35.7 Å². The minimum atomic E-state index is -0.429. The summed E-state index contributed by atoms with van der Waals surface area (Å²) in [6, 6.07) is 4.52. The molecule has 1 fully saturated rings. The van der Waals surface area contributed by atoms with Crippen molar-refractivity contribution in [1.82, 2.24) is 0 Å². The molecule has 1 aliphatic rings. The van der Waals surface area contributed by atoms with Gasteiger partial charge in [-0.1, -0.05) is 22.9 Å². The molecule has 5 heteroatoms. The van der Waals surface area contributed by atoms with Gasteiger partial charge in [-0.15, -0.1) is 11.8 Å². The van der Waals surface area contributed by atoms with Gasteiger partial charge in [-0.05, 0) is 18.2 Å². The SMILES string of the molecule is CC1SCCSC1C(=O)c1cc(Br)ccc1F. The van der Waals surface area contributed by atoms with Crippen molar-refractivity contribution in [3.63, 3.8) is 0 Å². The predicted octanol–water partition coefficient (Wildman–Crippen LogP) is 4.01. The van der Waals surface area contributed by atoms with Gasteiger partial charge in [0, 0.05) is 21.2 Å². The molecule has 0 radical (unpaired) electrons. The Bertz CT molecular complexity index is 439. The summed E-state index contributed by atoms with van der Waals surface area (Å²) in [4.78, 5) is 12.3. The number of halogens is 2. The van der Waals surface area contributed by atoms with E-state index in [9.17, 15) is 9.18 Å². The lowest BCUT2D eigenvalue weighted by Crippen LogP contribution is -2.31. The summed E-state index contributed by atoms with van der Waals surface area (Å²) in [6.45, 7) is 2.04. The summed E-state index contributed by atoms with van der Waals surface area (Å²) in [5, 5.41) is 0.122. The fourth-order valence-electron chi connectivity index (χ4n) is 1.76. The Kier molecular flexibility index (Phi) is 4.55. The van der Waals surface area contributed by atoms with Crippen LogP contribution in [-0.4, -0.2) is 27.8 Å². The van der Waals surface area contributed by atoms with Crippen molar-refractivity contribution in [2.24, 2.45) is 0 Å². The van der Waals surface area contributed by atoms with Crippen molar-refractivity contribution in [3.05, 3.63) is 34.1 Å². The maximum Gasteiger partial charge on any atom is 0.179 e. The Labute approximate surface area is 117 Å². The van der Waals surface area contributed by atoms with Crippen molar-refractivity contribution < 1.29 is 9.18 Å². The summed E-state index contributed by atoms with van der Waals surface area (Å²) in [6.07, 6.45) is 0. The minimum Gasteiger partial charge on any atom is -0.293 e. The van der Waals surface area contributed by atoms with Gasteiger partial charge in [0.2, 0.25) is 0 Å². The van der Waals surface area contributed by atoms with Crippen LogP contribution in [0.4, 0.5) is 4.39 Å². The first-order valence-electron chi connectivity index (χ1n) is 5.32. The summed E-state index contributed by atoms with van der Waals surface area (Å²) in [5.41, 5.74) is 0.200. The highest BCUT2D eigenvalue weighted by molar-refractivity contribution is 9.10. The fourth-order valence-corrected chi connectivity index (χ4v) is 4.84. The molecule has 0 N–H and O–H groups in total. The topological polar surface area (TPSA) is 17.1 Å². The molecule has 0 saturated carbocycles. The normalized spacial score (nSPS) is 24.6. The van der Waals surface area contributed by atoms with Gasteiger partial charge in [0.15, 0.2) is 5.78 Å². The third-order valence-electron chi connectivity index (χ3n) is 2.64. The monoisotopic (exact) mass is 334 g/mol. The van der Waals surface area contributed by atoms with Gasteiger partial charge in [0.25, 0.3) is 0 Å². The first-order valence-corrected chi connectivity index (χ1v) is 8.21. The fraction of sp³-hybridized carbons (Fsp3) is 0.417. The molecule has 0 amide bonds. The highest BCUT2D eigenvalue weighted by Gasteiger charge is 2.31. The lowest BCUT2D eigenvalue weighted by atomic mass is 10.1. The summed E-state index contributed by atoms with van der Waals surface area (Å²) in [7, 11) is 0. The number of hydrogen-bond acceptors (Lipinski definition) is 3. The van der Waals surface area contributed by atoms with Crippen LogP contribution in [0.3, 0.4) is 0 Å². The second-order valence-electron chi connectivity index (χ2n) is 3.86. The van der Waals surface area contributed by atoms with Gasteiger partial charge in [-0.3, -0.25) is 4.79 Å². The molecule has 1 heterocycles. The quantitative estimate of drug-likeness (QED) is 0.760. The van der Waals surface area contributed by atoms with Crippen LogP contribution in [0.25, 0.3) is 0 Å². The van der Waals surface area contributed by atoms with E-state index in [2.05, 4.69) is 15.9 Å². The van der Waals surface area contributed by atoms with E-state index in [-0.39, 0.29) is 21.8 Å². The lowest BCUT2D eigenvalue weighted by Gasteiger charge is -2.26. The third kappa shape index (κ3) is 3.06. The van der Waals surface area contributed by atoms with E-state index >= 15 is 0 Å². The molecule has 2 unspecified atom stereocenters. The number of carbonyl (C=O) groups is 1. The molecule has 92 valence electrons. The Morgan fingerprint density at radius 2 is 2.12 bits per heavy atom. The molecule has 0 bridgehead atoms. The molecule has 2 atom stereocenters. The second-order valence-corrected chi connectivity index (χ2v) is 7.51. The predicted molar refractivity (Wildman–Crippen MR) is 76.6 cm³/mol. The maximum absolute atomic E-state index is 13.6.